The first-order chi connectivity index (χ1) is 18.2. The number of carbonyl (C=O) groups excluding carboxylic acids is 1. The Morgan fingerprint density at radius 3 is 2.05 bits per heavy atom. The summed E-state index contributed by atoms with van der Waals surface area (Å²) >= 11 is 0. The van der Waals surface area contributed by atoms with Crippen molar-refractivity contribution in [1.82, 2.24) is 10.1 Å². The molecule has 0 saturated heterocycles. The molecular formula is C30H25N3O4. The molecule has 1 heterocycles. The first kappa shape index (κ1) is 23.8. The van der Waals surface area contributed by atoms with E-state index in [4.69, 9.17) is 14.0 Å². The summed E-state index contributed by atoms with van der Waals surface area (Å²) in [6, 6.07) is 32.2. The van der Waals surface area contributed by atoms with Crippen LogP contribution in [-0.2, 0) is 4.79 Å². The zero-order valence-electron chi connectivity index (χ0n) is 20.4. The molecule has 5 aromatic rings. The molecule has 0 unspecified atom stereocenters. The number of nitrogens with one attached hydrogen (secondary N) is 1. The van der Waals surface area contributed by atoms with E-state index in [1.54, 1.807) is 26.4 Å². The maximum atomic E-state index is 13.7. The number of nitrogens with zero attached hydrogens (tertiary/aromatic N) is 2. The van der Waals surface area contributed by atoms with Crippen molar-refractivity contribution in [2.75, 3.05) is 19.5 Å². The van der Waals surface area contributed by atoms with Gasteiger partial charge in [0.1, 0.15) is 0 Å². The number of aromatic nitrogens is 2. The van der Waals surface area contributed by atoms with Crippen molar-refractivity contribution in [3.8, 4) is 34.3 Å². The SMILES string of the molecule is COc1ccc(-c2noc(-c3ccccc3NC(=O)C(c3ccccc3)c3ccccc3)n2)cc1OC. The molecule has 0 bridgehead atoms. The van der Waals surface area contributed by atoms with Gasteiger partial charge >= 0.3 is 0 Å². The second kappa shape index (κ2) is 10.8. The molecule has 184 valence electrons. The molecule has 7 heteroatoms. The molecule has 37 heavy (non-hydrogen) atoms. The number of carbonyl (C=O) groups is 1. The number of hydrogen-bond donors (Lipinski definition) is 1. The second-order valence-electron chi connectivity index (χ2n) is 8.28. The Balaban J connectivity index is 1.46. The van der Waals surface area contributed by atoms with E-state index in [9.17, 15) is 4.79 Å². The monoisotopic (exact) mass is 491 g/mol. The van der Waals surface area contributed by atoms with Gasteiger partial charge in [0.05, 0.1) is 31.4 Å². The molecule has 1 N–H and O–H groups in total. The van der Waals surface area contributed by atoms with Gasteiger partial charge in [0.15, 0.2) is 11.5 Å². The Hall–Kier alpha value is -4.91. The van der Waals surface area contributed by atoms with E-state index in [1.807, 2.05) is 91.0 Å². The summed E-state index contributed by atoms with van der Waals surface area (Å²) in [5.74, 6) is 1.20. The largest absolute Gasteiger partial charge is 0.493 e. The average molecular weight is 492 g/mol. The van der Waals surface area contributed by atoms with Crippen molar-refractivity contribution in [3.63, 3.8) is 0 Å². The fourth-order valence-corrected chi connectivity index (χ4v) is 4.20. The molecule has 7 nitrogen and oxygen atoms in total. The zero-order valence-corrected chi connectivity index (χ0v) is 20.4. The van der Waals surface area contributed by atoms with Gasteiger partial charge in [0.25, 0.3) is 5.89 Å². The van der Waals surface area contributed by atoms with Crippen LogP contribution in [0.5, 0.6) is 11.5 Å². The molecular weight excluding hydrogens is 466 g/mol. The predicted molar refractivity (Wildman–Crippen MR) is 142 cm³/mol. The van der Waals surface area contributed by atoms with Gasteiger partial charge in [-0.05, 0) is 41.5 Å². The van der Waals surface area contributed by atoms with Crippen molar-refractivity contribution >= 4 is 11.6 Å². The smallest absolute Gasteiger partial charge is 0.260 e. The second-order valence-corrected chi connectivity index (χ2v) is 8.28. The molecule has 0 radical (unpaired) electrons. The molecule has 4 aromatic carbocycles. The van der Waals surface area contributed by atoms with Gasteiger partial charge in [0.2, 0.25) is 11.7 Å². The molecule has 0 spiro atoms. The summed E-state index contributed by atoms with van der Waals surface area (Å²) in [5, 5.41) is 7.23. The lowest BCUT2D eigenvalue weighted by atomic mass is 9.90. The van der Waals surface area contributed by atoms with Crippen LogP contribution in [-0.4, -0.2) is 30.3 Å². The summed E-state index contributed by atoms with van der Waals surface area (Å²) in [7, 11) is 3.15. The highest BCUT2D eigenvalue weighted by Crippen LogP contribution is 2.34. The minimum atomic E-state index is -0.486. The van der Waals surface area contributed by atoms with Gasteiger partial charge in [0, 0.05) is 5.56 Å². The molecule has 0 aliphatic rings. The lowest BCUT2D eigenvalue weighted by molar-refractivity contribution is -0.116. The maximum absolute atomic E-state index is 13.7. The van der Waals surface area contributed by atoms with Crippen LogP contribution < -0.4 is 14.8 Å². The van der Waals surface area contributed by atoms with E-state index in [-0.39, 0.29) is 11.8 Å². The zero-order chi connectivity index (χ0) is 25.6. The lowest BCUT2D eigenvalue weighted by Crippen LogP contribution is -2.22. The van der Waals surface area contributed by atoms with Crippen molar-refractivity contribution in [1.29, 1.82) is 0 Å². The van der Waals surface area contributed by atoms with Crippen LogP contribution >= 0.6 is 0 Å². The minimum Gasteiger partial charge on any atom is -0.493 e. The van der Waals surface area contributed by atoms with Crippen molar-refractivity contribution in [2.24, 2.45) is 0 Å². The number of benzene rings is 4. The van der Waals surface area contributed by atoms with Crippen LogP contribution in [0.3, 0.4) is 0 Å². The van der Waals surface area contributed by atoms with E-state index >= 15 is 0 Å². The highest BCUT2D eigenvalue weighted by molar-refractivity contribution is 6.00. The highest BCUT2D eigenvalue weighted by atomic mass is 16.5. The fraction of sp³-hybridized carbons (Fsp3) is 0.100. The first-order valence-corrected chi connectivity index (χ1v) is 11.7. The summed E-state index contributed by atoms with van der Waals surface area (Å²) in [6.45, 7) is 0. The molecule has 0 saturated carbocycles. The predicted octanol–water partition coefficient (Wildman–Crippen LogP) is 6.19. The molecule has 0 atom stereocenters. The molecule has 1 aromatic heterocycles. The van der Waals surface area contributed by atoms with Gasteiger partial charge in [-0.15, -0.1) is 0 Å². The highest BCUT2D eigenvalue weighted by Gasteiger charge is 2.24. The molecule has 5 rings (SSSR count). The van der Waals surface area contributed by atoms with E-state index in [2.05, 4.69) is 15.5 Å². The Morgan fingerprint density at radius 1 is 0.784 bits per heavy atom. The quantitative estimate of drug-likeness (QED) is 0.278. The molecule has 1 amide bonds. The Labute approximate surface area is 214 Å². The molecule has 0 aliphatic carbocycles. The summed E-state index contributed by atoms with van der Waals surface area (Å²) in [6.07, 6.45) is 0. The van der Waals surface area contributed by atoms with Gasteiger partial charge in [-0.25, -0.2) is 0 Å². The van der Waals surface area contributed by atoms with Gasteiger partial charge < -0.3 is 19.3 Å². The van der Waals surface area contributed by atoms with E-state index in [1.165, 1.54) is 0 Å². The van der Waals surface area contributed by atoms with Crippen LogP contribution in [0, 0.1) is 0 Å². The number of amides is 1. The van der Waals surface area contributed by atoms with E-state index < -0.39 is 5.92 Å². The van der Waals surface area contributed by atoms with E-state index in [0.717, 1.165) is 11.1 Å². The van der Waals surface area contributed by atoms with Gasteiger partial charge in [-0.3, -0.25) is 4.79 Å². The number of hydrogen-bond acceptors (Lipinski definition) is 6. The van der Waals surface area contributed by atoms with Gasteiger partial charge in [-0.1, -0.05) is 78.0 Å². The maximum Gasteiger partial charge on any atom is 0.260 e. The number of rotatable bonds is 8. The van der Waals surface area contributed by atoms with Crippen LogP contribution in [0.25, 0.3) is 22.8 Å². The van der Waals surface area contributed by atoms with Crippen LogP contribution in [0.4, 0.5) is 5.69 Å². The first-order valence-electron chi connectivity index (χ1n) is 11.7. The minimum absolute atomic E-state index is 0.163. The van der Waals surface area contributed by atoms with Crippen LogP contribution in [0.2, 0.25) is 0 Å². The normalized spacial score (nSPS) is 10.8. The van der Waals surface area contributed by atoms with Crippen molar-refractivity contribution < 1.29 is 18.8 Å². The standard InChI is InChI=1S/C30H25N3O4/c1-35-25-18-17-22(19-26(25)36-2)28-32-30(37-33-28)23-15-9-10-16-24(23)31-29(34)27(20-11-5-3-6-12-20)21-13-7-4-8-14-21/h3-19,27H,1-2H3,(H,31,34). The Bertz CT molecular complexity index is 1460. The average Bonchev–Trinajstić information content (AvgIpc) is 3.44. The third-order valence-electron chi connectivity index (χ3n) is 6.01. The Kier molecular flexibility index (Phi) is 6.94. The Morgan fingerprint density at radius 2 is 1.41 bits per heavy atom. The number of para-hydroxylation sites is 1. The number of ether oxygens (including phenoxy) is 2. The molecule has 0 aliphatic heterocycles. The topological polar surface area (TPSA) is 86.5 Å². The van der Waals surface area contributed by atoms with Crippen LogP contribution in [0.15, 0.2) is 108 Å². The van der Waals surface area contributed by atoms with Gasteiger partial charge in [-0.2, -0.15) is 4.98 Å². The molecule has 0 fully saturated rings. The van der Waals surface area contributed by atoms with Crippen LogP contribution in [0.1, 0.15) is 17.0 Å². The lowest BCUT2D eigenvalue weighted by Gasteiger charge is -2.18. The summed E-state index contributed by atoms with van der Waals surface area (Å²) in [4.78, 5) is 18.2. The third kappa shape index (κ3) is 5.06. The van der Waals surface area contributed by atoms with E-state index in [0.29, 0.717) is 34.1 Å². The third-order valence-corrected chi connectivity index (χ3v) is 6.01. The number of anilines is 1. The summed E-state index contributed by atoms with van der Waals surface area (Å²) < 4.78 is 16.3. The number of methoxy groups -OCH3 is 2. The van der Waals surface area contributed by atoms with Crippen molar-refractivity contribution in [3.05, 3.63) is 114 Å². The fourth-order valence-electron chi connectivity index (χ4n) is 4.20. The summed E-state index contributed by atoms with van der Waals surface area (Å²) in [5.41, 5.74) is 3.71. The van der Waals surface area contributed by atoms with Crippen molar-refractivity contribution in [2.45, 2.75) is 5.92 Å².